The van der Waals surface area contributed by atoms with Crippen LogP contribution in [0.4, 0.5) is 13.2 Å². The van der Waals surface area contributed by atoms with Crippen LogP contribution in [0.5, 0.6) is 5.75 Å². The number of fused-ring (bicyclic) bond motifs is 1. The van der Waals surface area contributed by atoms with Gasteiger partial charge in [0.15, 0.2) is 0 Å². The Morgan fingerprint density at radius 2 is 2.05 bits per heavy atom. The molecule has 3 rings (SSSR count). The van der Waals surface area contributed by atoms with E-state index >= 15 is 0 Å². The van der Waals surface area contributed by atoms with Gasteiger partial charge in [-0.2, -0.15) is 5.10 Å². The van der Waals surface area contributed by atoms with Gasteiger partial charge in [-0.25, -0.2) is 4.68 Å². The molecular formula is C14H8F3N2O. The number of rotatable bonds is 2. The van der Waals surface area contributed by atoms with Crippen molar-refractivity contribution in [2.75, 3.05) is 0 Å². The number of ether oxygens (including phenoxy) is 1. The second-order valence-electron chi connectivity index (χ2n) is 4.10. The highest BCUT2D eigenvalue weighted by molar-refractivity contribution is 5.78. The molecule has 1 heterocycles. The highest BCUT2D eigenvalue weighted by atomic mass is 19.4. The third-order valence-corrected chi connectivity index (χ3v) is 2.66. The topological polar surface area (TPSA) is 27.1 Å². The molecule has 0 aliphatic rings. The third kappa shape index (κ3) is 2.59. The van der Waals surface area contributed by atoms with Gasteiger partial charge in [0.05, 0.1) is 11.2 Å². The number of hydrogen-bond acceptors (Lipinski definition) is 2. The van der Waals surface area contributed by atoms with Gasteiger partial charge in [0.1, 0.15) is 5.75 Å². The summed E-state index contributed by atoms with van der Waals surface area (Å²) in [5, 5.41) is 5.14. The Morgan fingerprint density at radius 1 is 1.20 bits per heavy atom. The molecule has 0 N–H and O–H groups in total. The summed E-state index contributed by atoms with van der Waals surface area (Å²) in [5.74, 6) is -0.277. The van der Waals surface area contributed by atoms with Gasteiger partial charge in [-0.15, -0.1) is 13.2 Å². The molecule has 0 saturated heterocycles. The van der Waals surface area contributed by atoms with E-state index in [0.29, 0.717) is 5.69 Å². The summed E-state index contributed by atoms with van der Waals surface area (Å²) in [5.41, 5.74) is 1.23. The number of hydrogen-bond donors (Lipinski definition) is 0. The molecule has 0 aliphatic carbocycles. The summed E-state index contributed by atoms with van der Waals surface area (Å²) in [7, 11) is 0. The number of benzene rings is 2. The molecule has 3 nitrogen and oxygen atoms in total. The van der Waals surface area contributed by atoms with Gasteiger partial charge in [-0.3, -0.25) is 0 Å². The quantitative estimate of drug-likeness (QED) is 0.713. The standard InChI is InChI=1S/C14H8F3N2O/c15-14(16,17)20-12-6-3-5-11(8-12)19-9-10-4-1-2-7-13(10)18-19/h2-9H. The first-order chi connectivity index (χ1) is 9.51. The van der Waals surface area contributed by atoms with Gasteiger partial charge >= 0.3 is 6.36 Å². The summed E-state index contributed by atoms with van der Waals surface area (Å²) >= 11 is 0. The van der Waals surface area contributed by atoms with Crippen molar-refractivity contribution in [3.05, 3.63) is 54.7 Å². The first-order valence-corrected chi connectivity index (χ1v) is 5.73. The maximum absolute atomic E-state index is 12.2. The SMILES string of the molecule is FC(F)(F)Oc1cccc(-n2cc3c[c]ccc3n2)c1. The van der Waals surface area contributed by atoms with Crippen LogP contribution in [0.15, 0.2) is 48.7 Å². The predicted octanol–water partition coefficient (Wildman–Crippen LogP) is 3.72. The molecule has 3 aromatic rings. The van der Waals surface area contributed by atoms with Crippen molar-refractivity contribution in [3.8, 4) is 11.4 Å². The molecule has 0 bridgehead atoms. The molecule has 2 aromatic carbocycles. The Kier molecular flexibility index (Phi) is 2.85. The van der Waals surface area contributed by atoms with Crippen molar-refractivity contribution >= 4 is 10.9 Å². The molecule has 1 aromatic heterocycles. The first kappa shape index (κ1) is 12.5. The predicted molar refractivity (Wildman–Crippen MR) is 66.6 cm³/mol. The van der Waals surface area contributed by atoms with E-state index in [4.69, 9.17) is 0 Å². The van der Waals surface area contributed by atoms with Gasteiger partial charge in [0.25, 0.3) is 0 Å². The largest absolute Gasteiger partial charge is 0.573 e. The van der Waals surface area contributed by atoms with Crippen molar-refractivity contribution in [3.63, 3.8) is 0 Å². The van der Waals surface area contributed by atoms with Crippen molar-refractivity contribution in [1.82, 2.24) is 9.78 Å². The van der Waals surface area contributed by atoms with Crippen LogP contribution in [0, 0.1) is 6.07 Å². The maximum Gasteiger partial charge on any atom is 0.573 e. The van der Waals surface area contributed by atoms with Gasteiger partial charge in [0.2, 0.25) is 0 Å². The molecule has 0 fully saturated rings. The van der Waals surface area contributed by atoms with E-state index in [9.17, 15) is 13.2 Å². The highest BCUT2D eigenvalue weighted by Crippen LogP contribution is 2.25. The minimum atomic E-state index is -4.71. The summed E-state index contributed by atoms with van der Waals surface area (Å²) in [6.07, 6.45) is -2.99. The number of nitrogens with zero attached hydrogens (tertiary/aromatic N) is 2. The van der Waals surface area contributed by atoms with Crippen molar-refractivity contribution in [1.29, 1.82) is 0 Å². The van der Waals surface area contributed by atoms with E-state index in [1.807, 2.05) is 0 Å². The second-order valence-corrected chi connectivity index (χ2v) is 4.10. The van der Waals surface area contributed by atoms with E-state index in [0.717, 1.165) is 10.9 Å². The fourth-order valence-electron chi connectivity index (χ4n) is 1.86. The Morgan fingerprint density at radius 3 is 2.80 bits per heavy atom. The summed E-state index contributed by atoms with van der Waals surface area (Å²) < 4.78 is 42.0. The highest BCUT2D eigenvalue weighted by Gasteiger charge is 2.31. The molecule has 6 heteroatoms. The van der Waals surface area contributed by atoms with Crippen molar-refractivity contribution in [2.45, 2.75) is 6.36 Å². The van der Waals surface area contributed by atoms with Crippen molar-refractivity contribution < 1.29 is 17.9 Å². The average Bonchev–Trinajstić information content (AvgIpc) is 2.80. The molecule has 20 heavy (non-hydrogen) atoms. The Bertz CT molecular complexity index is 716. The van der Waals surface area contributed by atoms with E-state index < -0.39 is 6.36 Å². The molecule has 0 unspecified atom stereocenters. The lowest BCUT2D eigenvalue weighted by Crippen LogP contribution is -2.17. The fourth-order valence-corrected chi connectivity index (χ4v) is 1.86. The van der Waals surface area contributed by atoms with E-state index in [2.05, 4.69) is 15.9 Å². The van der Waals surface area contributed by atoms with Gasteiger partial charge < -0.3 is 4.74 Å². The van der Waals surface area contributed by atoms with E-state index in [1.165, 1.54) is 22.9 Å². The van der Waals surface area contributed by atoms with E-state index in [-0.39, 0.29) is 5.75 Å². The maximum atomic E-state index is 12.2. The van der Waals surface area contributed by atoms with Crippen LogP contribution in [0.25, 0.3) is 16.6 Å². The molecule has 0 atom stereocenters. The number of halogens is 3. The lowest BCUT2D eigenvalue weighted by molar-refractivity contribution is -0.274. The fraction of sp³-hybridized carbons (Fsp3) is 0.0714. The lowest BCUT2D eigenvalue weighted by Gasteiger charge is -2.09. The Labute approximate surface area is 112 Å². The number of aromatic nitrogens is 2. The number of alkyl halides is 3. The van der Waals surface area contributed by atoms with Gasteiger partial charge in [-0.05, 0) is 30.3 Å². The summed E-state index contributed by atoms with van der Waals surface area (Å²) in [4.78, 5) is 0. The van der Waals surface area contributed by atoms with Crippen LogP contribution in [-0.2, 0) is 0 Å². The van der Waals surface area contributed by atoms with Crippen LogP contribution >= 0.6 is 0 Å². The van der Waals surface area contributed by atoms with Crippen LogP contribution in [0.3, 0.4) is 0 Å². The Balaban J connectivity index is 1.99. The zero-order chi connectivity index (χ0) is 14.2. The molecule has 0 spiro atoms. The smallest absolute Gasteiger partial charge is 0.406 e. The minimum Gasteiger partial charge on any atom is -0.406 e. The van der Waals surface area contributed by atoms with Crippen LogP contribution < -0.4 is 4.74 Å². The zero-order valence-corrected chi connectivity index (χ0v) is 10.1. The molecule has 0 aliphatic heterocycles. The summed E-state index contributed by atoms with van der Waals surface area (Å²) in [6, 6.07) is 13.8. The molecular weight excluding hydrogens is 269 g/mol. The van der Waals surface area contributed by atoms with Crippen LogP contribution in [0.1, 0.15) is 0 Å². The second kappa shape index (κ2) is 4.56. The molecule has 101 valence electrons. The molecule has 0 saturated carbocycles. The monoisotopic (exact) mass is 277 g/mol. The summed E-state index contributed by atoms with van der Waals surface area (Å²) in [6.45, 7) is 0. The van der Waals surface area contributed by atoms with Crippen LogP contribution in [0.2, 0.25) is 0 Å². The minimum absolute atomic E-state index is 0.277. The lowest BCUT2D eigenvalue weighted by atomic mass is 10.3. The van der Waals surface area contributed by atoms with Gasteiger partial charge in [-0.1, -0.05) is 12.1 Å². The third-order valence-electron chi connectivity index (χ3n) is 2.66. The first-order valence-electron chi connectivity index (χ1n) is 5.73. The van der Waals surface area contributed by atoms with Gasteiger partial charge in [0, 0.05) is 17.6 Å². The Hall–Kier alpha value is -2.50. The molecule has 0 amide bonds. The van der Waals surface area contributed by atoms with E-state index in [1.54, 1.807) is 30.5 Å². The van der Waals surface area contributed by atoms with Crippen LogP contribution in [-0.4, -0.2) is 16.1 Å². The van der Waals surface area contributed by atoms with Crippen molar-refractivity contribution in [2.24, 2.45) is 0 Å². The molecule has 1 radical (unpaired) electrons. The average molecular weight is 277 g/mol. The zero-order valence-electron chi connectivity index (χ0n) is 10.1. The normalized spacial score (nSPS) is 11.8.